The van der Waals surface area contributed by atoms with Crippen molar-refractivity contribution in [1.82, 2.24) is 9.80 Å². The Kier molecular flexibility index (Phi) is 12.1. The molecule has 252 valence electrons. The summed E-state index contributed by atoms with van der Waals surface area (Å²) in [4.78, 5) is 55.0. The van der Waals surface area contributed by atoms with Crippen molar-refractivity contribution in [1.29, 1.82) is 0 Å². The number of likely N-dealkylation sites (tertiary alicyclic amines) is 1. The number of nitrogens with zero attached hydrogens (tertiary/aromatic N) is 3. The topological polar surface area (TPSA) is 135 Å². The zero-order valence-electron chi connectivity index (χ0n) is 26.3. The van der Waals surface area contributed by atoms with Crippen LogP contribution in [0.25, 0.3) is 0 Å². The van der Waals surface area contributed by atoms with Gasteiger partial charge in [0, 0.05) is 39.4 Å². The van der Waals surface area contributed by atoms with E-state index in [4.69, 9.17) is 18.9 Å². The molecule has 0 radical (unpaired) electrons. The highest BCUT2D eigenvalue weighted by atomic mass is 19.4. The van der Waals surface area contributed by atoms with Gasteiger partial charge in [-0.05, 0) is 65.5 Å². The van der Waals surface area contributed by atoms with Gasteiger partial charge in [-0.3, -0.25) is 9.59 Å². The summed E-state index contributed by atoms with van der Waals surface area (Å²) < 4.78 is 64.9. The third kappa shape index (κ3) is 8.57. The molecule has 1 unspecified atom stereocenters. The van der Waals surface area contributed by atoms with Gasteiger partial charge in [0.25, 0.3) is 11.8 Å². The summed E-state index contributed by atoms with van der Waals surface area (Å²) in [5.41, 5.74) is -3.74. The van der Waals surface area contributed by atoms with Crippen LogP contribution in [0.15, 0.2) is 12.1 Å². The number of amides is 3. The van der Waals surface area contributed by atoms with Gasteiger partial charge in [0.15, 0.2) is 0 Å². The fraction of sp³-hybridized carbons (Fsp3) is 0.667. The maximum Gasteiger partial charge on any atom is 0.417 e. The molecule has 3 rings (SSSR count). The Hall–Kier alpha value is -3.59. The van der Waals surface area contributed by atoms with E-state index in [2.05, 4.69) is 0 Å². The summed E-state index contributed by atoms with van der Waals surface area (Å²) in [6, 6.07) is 0.531. The number of fused-ring (bicyclic) bond motifs is 1. The Morgan fingerprint density at radius 1 is 1.22 bits per heavy atom. The van der Waals surface area contributed by atoms with Crippen molar-refractivity contribution in [2.45, 2.75) is 77.2 Å². The van der Waals surface area contributed by atoms with Crippen LogP contribution in [0.3, 0.4) is 0 Å². The largest absolute Gasteiger partial charge is 0.473 e. The highest BCUT2D eigenvalue weighted by Crippen LogP contribution is 2.45. The summed E-state index contributed by atoms with van der Waals surface area (Å²) in [6.07, 6.45) is -4.33. The van der Waals surface area contributed by atoms with Crippen LogP contribution in [0.2, 0.25) is 0 Å². The molecule has 45 heavy (non-hydrogen) atoms. The highest BCUT2D eigenvalue weighted by molar-refractivity contribution is 6.05. The standard InChI is InChI=1S/C30H42F3N3O9/c1-6-44-25(37)17-43-18-29(4)27(39)35(12-7-8-13-42-5)23-14-21(22(30(31,32)33)15-24(23)45-29)26(38)36(19(2)3)20-10-9-11-34(16-20)28(40)41/h14-15,19-20H,6-13,16-18H2,1-5H3,(H,40,41)/t20-,29?/m1/s1. The van der Waals surface area contributed by atoms with Gasteiger partial charge in [-0.25, -0.2) is 9.59 Å². The molecule has 1 aromatic carbocycles. The molecule has 2 aliphatic rings. The van der Waals surface area contributed by atoms with Gasteiger partial charge in [0.2, 0.25) is 5.60 Å². The second-order valence-corrected chi connectivity index (χ2v) is 11.5. The van der Waals surface area contributed by atoms with Crippen molar-refractivity contribution in [2.24, 2.45) is 0 Å². The number of alkyl halides is 3. The van der Waals surface area contributed by atoms with Crippen molar-refractivity contribution in [3.63, 3.8) is 0 Å². The van der Waals surface area contributed by atoms with E-state index in [9.17, 15) is 37.5 Å². The predicted octanol–water partition coefficient (Wildman–Crippen LogP) is 4.19. The number of ether oxygens (including phenoxy) is 4. The summed E-state index contributed by atoms with van der Waals surface area (Å²) >= 11 is 0. The van der Waals surface area contributed by atoms with Crippen LogP contribution in [0, 0.1) is 0 Å². The Morgan fingerprint density at radius 3 is 2.53 bits per heavy atom. The zero-order valence-corrected chi connectivity index (χ0v) is 26.3. The van der Waals surface area contributed by atoms with Crippen molar-refractivity contribution in [2.75, 3.05) is 58.1 Å². The molecule has 3 amide bonds. The smallest absolute Gasteiger partial charge is 0.417 e. The zero-order chi connectivity index (χ0) is 33.5. The first kappa shape index (κ1) is 35.9. The molecule has 0 saturated carbocycles. The molecule has 2 aliphatic heterocycles. The van der Waals surface area contributed by atoms with Crippen molar-refractivity contribution < 1.29 is 56.4 Å². The number of rotatable bonds is 13. The van der Waals surface area contributed by atoms with E-state index in [0.29, 0.717) is 38.4 Å². The number of halogens is 3. The minimum Gasteiger partial charge on any atom is -0.473 e. The van der Waals surface area contributed by atoms with E-state index < -0.39 is 72.1 Å². The number of esters is 1. The van der Waals surface area contributed by atoms with E-state index in [1.54, 1.807) is 20.8 Å². The minimum atomic E-state index is -4.98. The van der Waals surface area contributed by atoms with Crippen LogP contribution < -0.4 is 9.64 Å². The summed E-state index contributed by atoms with van der Waals surface area (Å²) in [6.45, 7) is 6.14. The average Bonchev–Trinajstić information content (AvgIpc) is 2.96. The van der Waals surface area contributed by atoms with E-state index >= 15 is 0 Å². The van der Waals surface area contributed by atoms with Crippen LogP contribution in [0.1, 0.15) is 69.3 Å². The summed E-state index contributed by atoms with van der Waals surface area (Å²) in [5.74, 6) is -2.52. The van der Waals surface area contributed by atoms with Crippen LogP contribution in [0.5, 0.6) is 5.75 Å². The number of carboxylic acid groups (broad SMARTS) is 1. The van der Waals surface area contributed by atoms with Gasteiger partial charge in [0.05, 0.1) is 36.1 Å². The molecular weight excluding hydrogens is 603 g/mol. The fourth-order valence-corrected chi connectivity index (χ4v) is 5.63. The number of carbonyl (C=O) groups is 4. The fourth-order valence-electron chi connectivity index (χ4n) is 5.63. The van der Waals surface area contributed by atoms with Crippen molar-refractivity contribution in [3.05, 3.63) is 23.3 Å². The van der Waals surface area contributed by atoms with Gasteiger partial charge in [0.1, 0.15) is 12.4 Å². The second kappa shape index (κ2) is 15.1. The number of anilines is 1. The molecule has 0 spiro atoms. The SMILES string of the molecule is CCOC(=O)COCC1(C)Oc2cc(C(F)(F)F)c(C(=O)N(C(C)C)[C@@H]3CCCN(C(=O)O)C3)cc2N(CCCCOC)C1=O. The first-order valence-corrected chi connectivity index (χ1v) is 14.9. The van der Waals surface area contributed by atoms with Crippen LogP contribution in [-0.4, -0.2) is 110 Å². The normalized spacial score (nSPS) is 20.1. The van der Waals surface area contributed by atoms with Gasteiger partial charge >= 0.3 is 18.2 Å². The second-order valence-electron chi connectivity index (χ2n) is 11.5. The number of hydrogen-bond acceptors (Lipinski definition) is 8. The number of benzene rings is 1. The number of hydrogen-bond donors (Lipinski definition) is 1. The van der Waals surface area contributed by atoms with Crippen LogP contribution >= 0.6 is 0 Å². The molecule has 1 N–H and O–H groups in total. The first-order chi connectivity index (χ1) is 21.1. The van der Waals surface area contributed by atoms with E-state index in [-0.39, 0.29) is 37.7 Å². The minimum absolute atomic E-state index is 0.0175. The van der Waals surface area contributed by atoms with Gasteiger partial charge in [-0.2, -0.15) is 13.2 Å². The first-order valence-electron chi connectivity index (χ1n) is 14.9. The van der Waals surface area contributed by atoms with Gasteiger partial charge in [-0.15, -0.1) is 0 Å². The molecule has 0 aromatic heterocycles. The quantitative estimate of drug-likeness (QED) is 0.248. The van der Waals surface area contributed by atoms with Crippen molar-refractivity contribution in [3.8, 4) is 5.75 Å². The number of piperidine rings is 1. The average molecular weight is 646 g/mol. The Labute approximate surface area is 260 Å². The van der Waals surface area contributed by atoms with E-state index in [0.717, 1.165) is 11.0 Å². The molecule has 2 atom stereocenters. The molecule has 0 bridgehead atoms. The third-order valence-corrected chi connectivity index (χ3v) is 7.69. The van der Waals surface area contributed by atoms with Gasteiger partial charge in [-0.1, -0.05) is 0 Å². The lowest BCUT2D eigenvalue weighted by Crippen LogP contribution is -2.57. The molecule has 1 saturated heterocycles. The number of unbranched alkanes of at least 4 members (excludes halogenated alkanes) is 1. The van der Waals surface area contributed by atoms with Crippen LogP contribution in [0.4, 0.5) is 23.7 Å². The lowest BCUT2D eigenvalue weighted by atomic mass is 9.96. The molecule has 0 aliphatic carbocycles. The Bertz CT molecular complexity index is 1240. The lowest BCUT2D eigenvalue weighted by molar-refractivity contribution is -0.154. The maximum atomic E-state index is 14.6. The number of methoxy groups -OCH3 is 1. The van der Waals surface area contributed by atoms with Crippen molar-refractivity contribution >= 4 is 29.6 Å². The van der Waals surface area contributed by atoms with Crippen LogP contribution in [-0.2, 0) is 30.0 Å². The monoisotopic (exact) mass is 645 g/mol. The summed E-state index contributed by atoms with van der Waals surface area (Å²) in [5, 5.41) is 9.50. The highest BCUT2D eigenvalue weighted by Gasteiger charge is 2.48. The lowest BCUT2D eigenvalue weighted by Gasteiger charge is -2.42. The third-order valence-electron chi connectivity index (χ3n) is 7.69. The molecule has 2 heterocycles. The maximum absolute atomic E-state index is 14.6. The Balaban J connectivity index is 2.08. The molecule has 1 aromatic rings. The molecular formula is C30H42F3N3O9. The Morgan fingerprint density at radius 2 is 1.93 bits per heavy atom. The van der Waals surface area contributed by atoms with Gasteiger partial charge < -0.3 is 38.8 Å². The number of carbonyl (C=O) groups excluding carboxylic acids is 3. The predicted molar refractivity (Wildman–Crippen MR) is 155 cm³/mol. The molecule has 12 nitrogen and oxygen atoms in total. The van der Waals surface area contributed by atoms with E-state index in [1.807, 2.05) is 0 Å². The summed E-state index contributed by atoms with van der Waals surface area (Å²) in [7, 11) is 1.52. The molecule has 15 heteroatoms. The molecule has 1 fully saturated rings. The van der Waals surface area contributed by atoms with E-state index in [1.165, 1.54) is 23.8 Å².